The summed E-state index contributed by atoms with van der Waals surface area (Å²) in [6.45, 7) is 0. The number of ether oxygens (including phenoxy) is 1. The number of hydrogen-bond donors (Lipinski definition) is 3. The van der Waals surface area contributed by atoms with Crippen LogP contribution < -0.4 is 10.1 Å². The van der Waals surface area contributed by atoms with Crippen LogP contribution in [0.3, 0.4) is 0 Å². The summed E-state index contributed by atoms with van der Waals surface area (Å²) in [5.41, 5.74) is 5.50. The molecule has 0 saturated heterocycles. The van der Waals surface area contributed by atoms with E-state index >= 15 is 0 Å². The molecule has 8 nitrogen and oxygen atoms in total. The van der Waals surface area contributed by atoms with E-state index in [1.165, 1.54) is 0 Å². The Labute approximate surface area is 214 Å². The fourth-order valence-corrected chi connectivity index (χ4v) is 4.75. The Morgan fingerprint density at radius 2 is 1.87 bits per heavy atom. The monoisotopic (exact) mass is 522 g/mol. The highest BCUT2D eigenvalue weighted by atomic mass is 19.4. The fraction of sp³-hybridized carbons (Fsp3) is 0.185. The van der Waals surface area contributed by atoms with E-state index in [4.69, 9.17) is 14.6 Å². The molecule has 6 rings (SSSR count). The van der Waals surface area contributed by atoms with Crippen molar-refractivity contribution in [2.75, 3.05) is 12.4 Å². The van der Waals surface area contributed by atoms with Gasteiger partial charge >= 0.3 is 12.1 Å². The number of aromatic amines is 1. The number of anilines is 1. The number of carboxylic acids is 1. The van der Waals surface area contributed by atoms with E-state index in [0.29, 0.717) is 0 Å². The molecule has 194 valence electrons. The zero-order chi connectivity index (χ0) is 27.1. The molecule has 2 aromatic heterocycles. The SMILES string of the molecule is COc1ccc2c(c1)[C@]1(C[C@H]1c1ccc3c(/C=C/c4ccncc4)n[nH]c3c1)C(=O)N2.O=C(O)C(F)(F)F. The number of aromatic nitrogens is 3. The van der Waals surface area contributed by atoms with E-state index in [0.717, 1.165) is 51.1 Å². The second kappa shape index (κ2) is 9.33. The molecule has 3 heterocycles. The van der Waals surface area contributed by atoms with Gasteiger partial charge in [0, 0.05) is 29.4 Å². The summed E-state index contributed by atoms with van der Waals surface area (Å²) in [6, 6.07) is 16.0. The van der Waals surface area contributed by atoms with Gasteiger partial charge in [-0.1, -0.05) is 18.2 Å². The third kappa shape index (κ3) is 4.47. The lowest BCUT2D eigenvalue weighted by Gasteiger charge is -2.10. The van der Waals surface area contributed by atoms with Crippen LogP contribution in [0.25, 0.3) is 23.1 Å². The van der Waals surface area contributed by atoms with Crippen molar-refractivity contribution in [1.82, 2.24) is 15.2 Å². The molecule has 0 unspecified atom stereocenters. The van der Waals surface area contributed by atoms with Crippen molar-refractivity contribution in [2.24, 2.45) is 0 Å². The van der Waals surface area contributed by atoms with Crippen LogP contribution in [-0.2, 0) is 15.0 Å². The second-order valence-electron chi connectivity index (χ2n) is 8.92. The molecular formula is C27H21F3N4O4. The summed E-state index contributed by atoms with van der Waals surface area (Å²) in [4.78, 5) is 25.8. The number of nitrogens with zero attached hydrogens (tertiary/aromatic N) is 2. The number of halogens is 3. The molecule has 1 fully saturated rings. The summed E-state index contributed by atoms with van der Waals surface area (Å²) < 4.78 is 37.1. The highest BCUT2D eigenvalue weighted by Gasteiger charge is 2.65. The number of nitrogens with one attached hydrogen (secondary N) is 2. The molecule has 38 heavy (non-hydrogen) atoms. The highest BCUT2D eigenvalue weighted by molar-refractivity contribution is 6.10. The number of carboxylic acid groups (broad SMARTS) is 1. The highest BCUT2D eigenvalue weighted by Crippen LogP contribution is 2.65. The van der Waals surface area contributed by atoms with Crippen molar-refractivity contribution >= 4 is 40.6 Å². The van der Waals surface area contributed by atoms with Crippen LogP contribution in [0.15, 0.2) is 60.9 Å². The first-order chi connectivity index (χ1) is 18.1. The van der Waals surface area contributed by atoms with Crippen molar-refractivity contribution in [3.63, 3.8) is 0 Å². The molecule has 1 spiro atoms. The Morgan fingerprint density at radius 1 is 1.13 bits per heavy atom. The van der Waals surface area contributed by atoms with E-state index in [1.807, 2.05) is 42.5 Å². The maximum Gasteiger partial charge on any atom is 0.490 e. The minimum Gasteiger partial charge on any atom is -0.497 e. The molecule has 1 saturated carbocycles. The quantitative estimate of drug-likeness (QED) is 0.341. The van der Waals surface area contributed by atoms with E-state index in [-0.39, 0.29) is 11.8 Å². The minimum atomic E-state index is -5.08. The number of fused-ring (bicyclic) bond motifs is 3. The number of methoxy groups -OCH3 is 1. The average molecular weight is 522 g/mol. The number of alkyl halides is 3. The Kier molecular flexibility index (Phi) is 6.14. The second-order valence-corrected chi connectivity index (χ2v) is 8.92. The molecular weight excluding hydrogens is 501 g/mol. The third-order valence-electron chi connectivity index (χ3n) is 6.72. The van der Waals surface area contributed by atoms with Crippen LogP contribution >= 0.6 is 0 Å². The van der Waals surface area contributed by atoms with Gasteiger partial charge in [-0.3, -0.25) is 14.9 Å². The minimum absolute atomic E-state index is 0.0754. The molecule has 0 bridgehead atoms. The molecule has 11 heteroatoms. The first-order valence-electron chi connectivity index (χ1n) is 11.5. The van der Waals surface area contributed by atoms with Gasteiger partial charge in [0.05, 0.1) is 23.7 Å². The zero-order valence-electron chi connectivity index (χ0n) is 19.9. The van der Waals surface area contributed by atoms with Crippen LogP contribution in [0.4, 0.5) is 18.9 Å². The maximum atomic E-state index is 12.9. The fourth-order valence-electron chi connectivity index (χ4n) is 4.75. The number of benzene rings is 2. The van der Waals surface area contributed by atoms with Crippen LogP contribution in [0.2, 0.25) is 0 Å². The Bertz CT molecular complexity index is 1570. The third-order valence-corrected chi connectivity index (χ3v) is 6.72. The van der Waals surface area contributed by atoms with Crippen molar-refractivity contribution in [3.8, 4) is 5.75 Å². The molecule has 1 aliphatic heterocycles. The van der Waals surface area contributed by atoms with Gasteiger partial charge in [-0.05, 0) is 65.6 Å². The topological polar surface area (TPSA) is 117 Å². The summed E-state index contributed by atoms with van der Waals surface area (Å²) in [7, 11) is 1.65. The predicted octanol–water partition coefficient (Wildman–Crippen LogP) is 5.15. The molecule has 0 radical (unpaired) electrons. The van der Waals surface area contributed by atoms with Crippen molar-refractivity contribution in [2.45, 2.75) is 23.9 Å². The summed E-state index contributed by atoms with van der Waals surface area (Å²) >= 11 is 0. The molecule has 3 N–H and O–H groups in total. The van der Waals surface area contributed by atoms with Gasteiger partial charge in [0.2, 0.25) is 5.91 Å². The van der Waals surface area contributed by atoms with Gasteiger partial charge in [-0.15, -0.1) is 0 Å². The lowest BCUT2D eigenvalue weighted by Crippen LogP contribution is -2.21. The van der Waals surface area contributed by atoms with Gasteiger partial charge in [0.1, 0.15) is 5.75 Å². The predicted molar refractivity (Wildman–Crippen MR) is 134 cm³/mol. The Balaban J connectivity index is 0.000000374. The Morgan fingerprint density at radius 3 is 2.55 bits per heavy atom. The standard InChI is InChI=1S/C25H20N4O2.C2HF3O2/c1-31-17-4-7-22-19(13-17)25(24(30)27-22)14-20(25)16-3-5-18-21(28-29-23(18)12-16)6-2-15-8-10-26-11-9-15;3-2(4,5)1(6)7/h2-13,20H,14H2,1H3,(H,27,30)(H,28,29);(H,6,7)/b6-2+;/t20-,25-;/m0./s1. The maximum absolute atomic E-state index is 12.9. The first-order valence-corrected chi connectivity index (χ1v) is 11.5. The lowest BCUT2D eigenvalue weighted by atomic mass is 9.91. The van der Waals surface area contributed by atoms with Gasteiger partial charge in [-0.25, -0.2) is 4.79 Å². The number of H-pyrrole nitrogens is 1. The molecule has 2 atom stereocenters. The lowest BCUT2D eigenvalue weighted by molar-refractivity contribution is -0.192. The van der Waals surface area contributed by atoms with Crippen LogP contribution in [0, 0.1) is 0 Å². The number of hydrogen-bond acceptors (Lipinski definition) is 5. The normalized spacial score (nSPS) is 19.7. The molecule has 2 aromatic carbocycles. The Hall–Kier alpha value is -4.67. The van der Waals surface area contributed by atoms with E-state index in [2.05, 4.69) is 38.7 Å². The van der Waals surface area contributed by atoms with E-state index in [1.54, 1.807) is 19.5 Å². The number of carbonyl (C=O) groups is 2. The van der Waals surface area contributed by atoms with E-state index in [9.17, 15) is 18.0 Å². The van der Waals surface area contributed by atoms with Gasteiger partial charge in [-0.2, -0.15) is 18.3 Å². The van der Waals surface area contributed by atoms with Crippen LogP contribution in [0.1, 0.15) is 34.7 Å². The number of carbonyl (C=O) groups excluding carboxylic acids is 1. The van der Waals surface area contributed by atoms with Crippen molar-refractivity contribution in [1.29, 1.82) is 0 Å². The van der Waals surface area contributed by atoms with Gasteiger partial charge in [0.25, 0.3) is 0 Å². The van der Waals surface area contributed by atoms with Crippen molar-refractivity contribution < 1.29 is 32.6 Å². The van der Waals surface area contributed by atoms with Gasteiger partial charge in [0.15, 0.2) is 0 Å². The number of pyridine rings is 1. The molecule has 4 aromatic rings. The molecule has 1 amide bonds. The van der Waals surface area contributed by atoms with Crippen LogP contribution in [-0.4, -0.2) is 45.5 Å². The van der Waals surface area contributed by atoms with Gasteiger partial charge < -0.3 is 15.2 Å². The van der Waals surface area contributed by atoms with E-state index < -0.39 is 17.6 Å². The smallest absolute Gasteiger partial charge is 0.490 e. The number of aliphatic carboxylic acids is 1. The molecule has 1 aliphatic carbocycles. The molecule has 2 aliphatic rings. The number of amides is 1. The summed E-state index contributed by atoms with van der Waals surface area (Å²) in [5, 5.41) is 18.8. The number of rotatable bonds is 4. The first kappa shape index (κ1) is 25.0. The summed E-state index contributed by atoms with van der Waals surface area (Å²) in [6.07, 6.45) is 3.28. The average Bonchev–Trinajstić information content (AvgIpc) is 3.44. The van der Waals surface area contributed by atoms with Crippen LogP contribution in [0.5, 0.6) is 5.75 Å². The van der Waals surface area contributed by atoms with Crippen molar-refractivity contribution in [3.05, 3.63) is 83.3 Å². The largest absolute Gasteiger partial charge is 0.497 e. The summed E-state index contributed by atoms with van der Waals surface area (Å²) in [5.74, 6) is -1.77. The zero-order valence-corrected chi connectivity index (χ0v) is 19.9.